The normalized spacial score (nSPS) is 11.7. The lowest BCUT2D eigenvalue weighted by Gasteiger charge is -2.19. The molecule has 0 unspecified atom stereocenters. The van der Waals surface area contributed by atoms with Crippen LogP contribution in [0.5, 0.6) is 5.75 Å². The summed E-state index contributed by atoms with van der Waals surface area (Å²) in [6, 6.07) is 5.51. The highest BCUT2D eigenvalue weighted by molar-refractivity contribution is 5.98. The number of hydrogen-bond acceptors (Lipinski definition) is 5. The van der Waals surface area contributed by atoms with Gasteiger partial charge in [-0.1, -0.05) is 33.6 Å². The van der Waals surface area contributed by atoms with E-state index in [1.807, 2.05) is 5.32 Å². The van der Waals surface area contributed by atoms with Gasteiger partial charge in [0, 0.05) is 0 Å². The van der Waals surface area contributed by atoms with Crippen molar-refractivity contribution in [2.24, 2.45) is 11.7 Å². The molecule has 0 saturated carbocycles. The summed E-state index contributed by atoms with van der Waals surface area (Å²) >= 11 is 0. The lowest BCUT2D eigenvalue weighted by Crippen LogP contribution is -2.45. The first-order valence-corrected chi connectivity index (χ1v) is 8.39. The fourth-order valence-electron chi connectivity index (χ4n) is 2.10. The van der Waals surface area contributed by atoms with Gasteiger partial charge in [0.1, 0.15) is 5.75 Å². The molecular weight excluding hydrogens is 324 g/mol. The van der Waals surface area contributed by atoms with Crippen molar-refractivity contribution in [2.45, 2.75) is 46.1 Å². The van der Waals surface area contributed by atoms with Gasteiger partial charge in [0.2, 0.25) is 0 Å². The summed E-state index contributed by atoms with van der Waals surface area (Å²) in [4.78, 5) is 34.9. The largest absolute Gasteiger partial charge is 0.494 e. The number of amides is 3. The van der Waals surface area contributed by atoms with E-state index < -0.39 is 24.0 Å². The Kier molecular flexibility index (Phi) is 8.46. The van der Waals surface area contributed by atoms with Gasteiger partial charge >= 0.3 is 12.0 Å². The molecule has 0 fully saturated rings. The third-order valence-corrected chi connectivity index (χ3v) is 3.45. The number of carbonyl (C=O) groups excluding carboxylic acids is 3. The van der Waals surface area contributed by atoms with Crippen molar-refractivity contribution in [1.82, 2.24) is 5.32 Å². The number of nitrogens with two attached hydrogens (primary N) is 1. The molecule has 3 N–H and O–H groups in total. The number of ether oxygens (including phenoxy) is 2. The van der Waals surface area contributed by atoms with Crippen LogP contribution in [0.15, 0.2) is 24.3 Å². The van der Waals surface area contributed by atoms with Gasteiger partial charge in [0.15, 0.2) is 6.10 Å². The monoisotopic (exact) mass is 350 g/mol. The van der Waals surface area contributed by atoms with E-state index in [1.165, 1.54) is 0 Å². The van der Waals surface area contributed by atoms with Crippen molar-refractivity contribution < 1.29 is 23.9 Å². The van der Waals surface area contributed by atoms with Gasteiger partial charge in [-0.2, -0.15) is 0 Å². The van der Waals surface area contributed by atoms with E-state index in [-0.39, 0.29) is 5.92 Å². The van der Waals surface area contributed by atoms with Gasteiger partial charge in [-0.15, -0.1) is 0 Å². The smallest absolute Gasteiger partial charge is 0.338 e. The maximum Gasteiger partial charge on any atom is 0.338 e. The van der Waals surface area contributed by atoms with Crippen molar-refractivity contribution in [1.29, 1.82) is 0 Å². The van der Waals surface area contributed by atoms with Crippen LogP contribution in [0.2, 0.25) is 0 Å². The quantitative estimate of drug-likeness (QED) is 0.526. The summed E-state index contributed by atoms with van der Waals surface area (Å²) in [5.74, 6) is -1.05. The van der Waals surface area contributed by atoms with Crippen LogP contribution >= 0.6 is 0 Å². The van der Waals surface area contributed by atoms with Crippen molar-refractivity contribution >= 4 is 17.9 Å². The summed E-state index contributed by atoms with van der Waals surface area (Å²) < 4.78 is 10.8. The molecule has 25 heavy (non-hydrogen) atoms. The zero-order valence-electron chi connectivity index (χ0n) is 14.9. The zero-order chi connectivity index (χ0) is 18.8. The third-order valence-electron chi connectivity index (χ3n) is 3.45. The summed E-state index contributed by atoms with van der Waals surface area (Å²) in [6.07, 6.45) is 2.10. The number of carbonyl (C=O) groups is 3. The number of hydrogen-bond donors (Lipinski definition) is 2. The molecule has 138 valence electrons. The predicted octanol–water partition coefficient (Wildman–Crippen LogP) is 2.63. The SMILES string of the molecule is CCCCCOc1ccc(C(=O)O[C@H](C(=O)NC(N)=O)C(C)C)cc1. The van der Waals surface area contributed by atoms with Crippen LogP contribution in [0.1, 0.15) is 50.4 Å². The zero-order valence-corrected chi connectivity index (χ0v) is 14.9. The molecule has 0 aliphatic carbocycles. The summed E-state index contributed by atoms with van der Waals surface area (Å²) in [5.41, 5.74) is 5.21. The Morgan fingerprint density at radius 3 is 2.28 bits per heavy atom. The highest BCUT2D eigenvalue weighted by Crippen LogP contribution is 2.16. The Morgan fingerprint density at radius 1 is 1.12 bits per heavy atom. The fourth-order valence-corrected chi connectivity index (χ4v) is 2.10. The molecule has 0 aromatic heterocycles. The second kappa shape index (κ2) is 10.3. The number of nitrogens with one attached hydrogen (secondary N) is 1. The molecule has 0 spiro atoms. The van der Waals surface area contributed by atoms with Crippen LogP contribution in [0.4, 0.5) is 4.79 Å². The number of rotatable bonds is 9. The first kappa shape index (κ1) is 20.5. The minimum absolute atomic E-state index is 0.290. The lowest BCUT2D eigenvalue weighted by molar-refractivity contribution is -0.130. The maximum absolute atomic E-state index is 12.2. The molecule has 3 amide bonds. The fraction of sp³-hybridized carbons (Fsp3) is 0.500. The number of benzene rings is 1. The first-order chi connectivity index (χ1) is 11.8. The molecular formula is C18H26N2O5. The van der Waals surface area contributed by atoms with Gasteiger partial charge < -0.3 is 15.2 Å². The van der Waals surface area contributed by atoms with Crippen molar-refractivity contribution in [3.8, 4) is 5.75 Å². The van der Waals surface area contributed by atoms with Crippen molar-refractivity contribution in [3.63, 3.8) is 0 Å². The van der Waals surface area contributed by atoms with Gasteiger partial charge in [-0.05, 0) is 36.6 Å². The van der Waals surface area contributed by atoms with Gasteiger partial charge in [0.05, 0.1) is 12.2 Å². The molecule has 0 radical (unpaired) electrons. The van der Waals surface area contributed by atoms with Crippen molar-refractivity contribution in [2.75, 3.05) is 6.61 Å². The average molecular weight is 350 g/mol. The van der Waals surface area contributed by atoms with Crippen LogP contribution < -0.4 is 15.8 Å². The topological polar surface area (TPSA) is 108 Å². The van der Waals surface area contributed by atoms with Crippen LogP contribution in [0.25, 0.3) is 0 Å². The Balaban J connectivity index is 2.65. The Bertz CT molecular complexity index is 584. The molecule has 0 aliphatic heterocycles. The second-order valence-corrected chi connectivity index (χ2v) is 6.00. The Morgan fingerprint density at radius 2 is 1.76 bits per heavy atom. The summed E-state index contributed by atoms with van der Waals surface area (Å²) in [5, 5.41) is 1.93. The van der Waals surface area contributed by atoms with E-state index in [1.54, 1.807) is 38.1 Å². The molecule has 1 aromatic carbocycles. The molecule has 0 saturated heterocycles. The second-order valence-electron chi connectivity index (χ2n) is 6.00. The summed E-state index contributed by atoms with van der Waals surface area (Å²) in [7, 11) is 0. The minimum Gasteiger partial charge on any atom is -0.494 e. The Labute approximate surface area is 147 Å². The maximum atomic E-state index is 12.2. The van der Waals surface area contributed by atoms with Crippen LogP contribution in [0.3, 0.4) is 0 Å². The van der Waals surface area contributed by atoms with E-state index in [0.29, 0.717) is 17.9 Å². The van der Waals surface area contributed by atoms with E-state index in [4.69, 9.17) is 15.2 Å². The number of esters is 1. The van der Waals surface area contributed by atoms with Crippen LogP contribution in [-0.4, -0.2) is 30.6 Å². The molecule has 0 bridgehead atoms. The third kappa shape index (κ3) is 7.24. The average Bonchev–Trinajstić information content (AvgIpc) is 2.56. The molecule has 1 aromatic rings. The van der Waals surface area contributed by atoms with Crippen molar-refractivity contribution in [3.05, 3.63) is 29.8 Å². The van der Waals surface area contributed by atoms with E-state index in [9.17, 15) is 14.4 Å². The lowest BCUT2D eigenvalue weighted by atomic mass is 10.1. The molecule has 0 aliphatic rings. The number of unbranched alkanes of at least 4 members (excludes halogenated alkanes) is 2. The molecule has 1 atom stereocenters. The number of imide groups is 1. The molecule has 0 heterocycles. The molecule has 1 rings (SSSR count). The minimum atomic E-state index is -1.11. The standard InChI is InChI=1S/C18H26N2O5/c1-4-5-6-11-24-14-9-7-13(8-10-14)17(22)25-15(12(2)3)16(21)20-18(19)23/h7-10,12,15H,4-6,11H2,1-3H3,(H3,19,20,21,23)/t15-/m0/s1. The highest BCUT2D eigenvalue weighted by atomic mass is 16.5. The van der Waals surface area contributed by atoms with Gasteiger partial charge in [-0.3, -0.25) is 10.1 Å². The highest BCUT2D eigenvalue weighted by Gasteiger charge is 2.27. The van der Waals surface area contributed by atoms with Gasteiger partial charge in [-0.25, -0.2) is 9.59 Å². The number of urea groups is 1. The van der Waals surface area contributed by atoms with Crippen LogP contribution in [-0.2, 0) is 9.53 Å². The molecule has 7 nitrogen and oxygen atoms in total. The summed E-state index contributed by atoms with van der Waals surface area (Å²) in [6.45, 7) is 6.15. The predicted molar refractivity (Wildman–Crippen MR) is 93.2 cm³/mol. The van der Waals surface area contributed by atoms with E-state index in [0.717, 1.165) is 19.3 Å². The van der Waals surface area contributed by atoms with E-state index >= 15 is 0 Å². The van der Waals surface area contributed by atoms with E-state index in [2.05, 4.69) is 6.92 Å². The number of primary amides is 1. The molecule has 7 heteroatoms. The Hall–Kier alpha value is -2.57. The van der Waals surface area contributed by atoms with Crippen LogP contribution in [0, 0.1) is 5.92 Å². The first-order valence-electron chi connectivity index (χ1n) is 8.39. The van der Waals surface area contributed by atoms with Gasteiger partial charge in [0.25, 0.3) is 5.91 Å².